The van der Waals surface area contributed by atoms with E-state index in [2.05, 4.69) is 15.5 Å². The lowest BCUT2D eigenvalue weighted by Crippen LogP contribution is -2.40. The number of nitrogens with zero attached hydrogens (tertiary/aromatic N) is 3. The molecule has 0 saturated carbocycles. The number of para-hydroxylation sites is 1. The van der Waals surface area contributed by atoms with Crippen LogP contribution in [0.15, 0.2) is 102 Å². The number of phenols is 1. The molecule has 11 heteroatoms. The van der Waals surface area contributed by atoms with Gasteiger partial charge in [-0.05, 0) is 74.4 Å². The monoisotopic (exact) mass is 723 g/mol. The molecular formula is C42H53N5O6. The van der Waals surface area contributed by atoms with Crippen molar-refractivity contribution < 1.29 is 28.6 Å². The first-order valence-electron chi connectivity index (χ1n) is 18.8. The van der Waals surface area contributed by atoms with Crippen molar-refractivity contribution in [3.05, 3.63) is 103 Å². The van der Waals surface area contributed by atoms with Gasteiger partial charge in [-0.15, -0.1) is 0 Å². The third-order valence-electron chi connectivity index (χ3n) is 9.60. The van der Waals surface area contributed by atoms with E-state index in [9.17, 15) is 19.5 Å². The van der Waals surface area contributed by atoms with Gasteiger partial charge in [0.05, 0.1) is 12.0 Å². The van der Waals surface area contributed by atoms with E-state index in [4.69, 9.17) is 9.15 Å². The minimum Gasteiger partial charge on any atom is -0.508 e. The fourth-order valence-corrected chi connectivity index (χ4v) is 6.56. The van der Waals surface area contributed by atoms with E-state index in [-0.39, 0.29) is 23.7 Å². The van der Waals surface area contributed by atoms with E-state index in [1.54, 1.807) is 18.4 Å². The number of furan rings is 1. The van der Waals surface area contributed by atoms with Crippen LogP contribution in [0.3, 0.4) is 0 Å². The van der Waals surface area contributed by atoms with E-state index in [0.29, 0.717) is 51.3 Å². The molecule has 2 heterocycles. The number of carbonyl (C=O) groups is 3. The van der Waals surface area contributed by atoms with Crippen LogP contribution in [0.25, 0.3) is 11.1 Å². The van der Waals surface area contributed by atoms with Gasteiger partial charge in [0.15, 0.2) is 5.88 Å². The summed E-state index contributed by atoms with van der Waals surface area (Å²) < 4.78 is 11.3. The number of likely N-dealkylation sites (tertiary alicyclic amines) is 1. The third-order valence-corrected chi connectivity index (χ3v) is 9.60. The van der Waals surface area contributed by atoms with Crippen molar-refractivity contribution >= 4 is 29.5 Å². The summed E-state index contributed by atoms with van der Waals surface area (Å²) in [6.45, 7) is 7.23. The Morgan fingerprint density at radius 1 is 0.868 bits per heavy atom. The van der Waals surface area contributed by atoms with Crippen LogP contribution >= 0.6 is 0 Å². The summed E-state index contributed by atoms with van der Waals surface area (Å²) in [7, 11) is 0. The number of amides is 3. The molecule has 1 fully saturated rings. The second-order valence-corrected chi connectivity index (χ2v) is 13.4. The van der Waals surface area contributed by atoms with Gasteiger partial charge in [0.25, 0.3) is 0 Å². The first kappa shape index (κ1) is 38.9. The van der Waals surface area contributed by atoms with Crippen molar-refractivity contribution in [2.45, 2.75) is 64.5 Å². The molecule has 0 unspecified atom stereocenters. The lowest BCUT2D eigenvalue weighted by molar-refractivity contribution is -0.131. The second kappa shape index (κ2) is 20.7. The Labute approximate surface area is 312 Å². The lowest BCUT2D eigenvalue weighted by Gasteiger charge is -2.31. The largest absolute Gasteiger partial charge is 0.508 e. The van der Waals surface area contributed by atoms with Crippen LogP contribution in [0.2, 0.25) is 0 Å². The van der Waals surface area contributed by atoms with E-state index < -0.39 is 6.09 Å². The number of nitrogens with one attached hydrogen (secondary N) is 2. The Balaban J connectivity index is 0.953. The summed E-state index contributed by atoms with van der Waals surface area (Å²) in [5, 5.41) is 15.7. The number of rotatable bonds is 19. The maximum Gasteiger partial charge on any atom is 0.411 e. The summed E-state index contributed by atoms with van der Waals surface area (Å²) in [5.74, 6) is 1.05. The highest BCUT2D eigenvalue weighted by molar-refractivity contribution is 5.91. The molecule has 53 heavy (non-hydrogen) atoms. The predicted molar refractivity (Wildman–Crippen MR) is 208 cm³/mol. The van der Waals surface area contributed by atoms with Crippen molar-refractivity contribution in [3.63, 3.8) is 0 Å². The van der Waals surface area contributed by atoms with Gasteiger partial charge in [-0.25, -0.2) is 4.79 Å². The number of benzene rings is 3. The number of hydrogen-bond donors (Lipinski definition) is 3. The molecule has 11 nitrogen and oxygen atoms in total. The SMILES string of the molecule is CCN(CCC(=O)N(CCCCCNC(=O)CCN1CCC(OC(=O)Nc2ccccc2-c2ccccc2)CC1)Cc1ccc(O)cc1)c1ccco1. The van der Waals surface area contributed by atoms with E-state index in [1.165, 1.54) is 0 Å². The number of carbonyl (C=O) groups excluding carboxylic acids is 3. The fraction of sp³-hybridized carbons (Fsp3) is 0.405. The number of aromatic hydroxyl groups is 1. The molecular weight excluding hydrogens is 670 g/mol. The highest BCUT2D eigenvalue weighted by Gasteiger charge is 2.23. The summed E-state index contributed by atoms with van der Waals surface area (Å²) in [6.07, 6.45) is 5.79. The van der Waals surface area contributed by atoms with Crippen molar-refractivity contribution in [3.8, 4) is 16.9 Å². The Morgan fingerprint density at radius 2 is 1.62 bits per heavy atom. The van der Waals surface area contributed by atoms with Gasteiger partial charge in [-0.1, -0.05) is 60.7 Å². The quantitative estimate of drug-likeness (QED) is 0.0862. The second-order valence-electron chi connectivity index (χ2n) is 13.4. The van der Waals surface area contributed by atoms with Crippen LogP contribution in [-0.2, 0) is 20.9 Å². The van der Waals surface area contributed by atoms with Crippen molar-refractivity contribution in [1.29, 1.82) is 0 Å². The number of phenolic OH excluding ortho intramolecular Hbond substituents is 1. The zero-order valence-electron chi connectivity index (χ0n) is 30.8. The molecule has 0 radical (unpaired) electrons. The van der Waals surface area contributed by atoms with E-state index in [1.807, 2.05) is 95.6 Å². The first-order valence-corrected chi connectivity index (χ1v) is 18.8. The van der Waals surface area contributed by atoms with Crippen molar-refractivity contribution in [2.75, 3.05) is 56.0 Å². The lowest BCUT2D eigenvalue weighted by atomic mass is 10.0. The summed E-state index contributed by atoms with van der Waals surface area (Å²) in [4.78, 5) is 44.9. The Bertz CT molecular complexity index is 1690. The number of hydrogen-bond acceptors (Lipinski definition) is 8. The number of anilines is 2. The average Bonchev–Trinajstić information content (AvgIpc) is 3.72. The van der Waals surface area contributed by atoms with Gasteiger partial charge >= 0.3 is 6.09 Å². The van der Waals surface area contributed by atoms with Gasteiger partial charge in [0.1, 0.15) is 11.9 Å². The van der Waals surface area contributed by atoms with Crippen LogP contribution in [0.1, 0.15) is 57.4 Å². The number of ether oxygens (including phenoxy) is 1. The van der Waals surface area contributed by atoms with Gasteiger partial charge in [-0.2, -0.15) is 0 Å². The summed E-state index contributed by atoms with van der Waals surface area (Å²) in [6, 6.07) is 28.3. The fourth-order valence-electron chi connectivity index (χ4n) is 6.56. The van der Waals surface area contributed by atoms with Gasteiger partial charge in [0.2, 0.25) is 11.8 Å². The minimum atomic E-state index is -0.452. The maximum absolute atomic E-state index is 13.3. The van der Waals surface area contributed by atoms with Gasteiger partial charge in [0, 0.05) is 76.8 Å². The molecule has 0 spiro atoms. The minimum absolute atomic E-state index is 0.0287. The van der Waals surface area contributed by atoms with Crippen LogP contribution in [0.5, 0.6) is 5.75 Å². The number of piperidine rings is 1. The van der Waals surface area contributed by atoms with Crippen molar-refractivity contribution in [2.24, 2.45) is 0 Å². The predicted octanol–water partition coefficient (Wildman–Crippen LogP) is 7.29. The zero-order valence-corrected chi connectivity index (χ0v) is 30.8. The van der Waals surface area contributed by atoms with E-state index in [0.717, 1.165) is 74.3 Å². The Morgan fingerprint density at radius 3 is 2.36 bits per heavy atom. The molecule has 1 aromatic heterocycles. The van der Waals surface area contributed by atoms with Crippen molar-refractivity contribution in [1.82, 2.24) is 15.1 Å². The molecule has 3 aromatic carbocycles. The number of unbranched alkanes of at least 4 members (excludes halogenated alkanes) is 2. The molecule has 0 aliphatic carbocycles. The topological polar surface area (TPSA) is 128 Å². The molecule has 1 aliphatic rings. The molecule has 282 valence electrons. The normalized spacial score (nSPS) is 13.3. The molecule has 3 amide bonds. The highest BCUT2D eigenvalue weighted by atomic mass is 16.6. The highest BCUT2D eigenvalue weighted by Crippen LogP contribution is 2.28. The molecule has 3 N–H and O–H groups in total. The molecule has 0 atom stereocenters. The summed E-state index contributed by atoms with van der Waals surface area (Å²) >= 11 is 0. The third kappa shape index (κ3) is 12.7. The van der Waals surface area contributed by atoms with Gasteiger partial charge < -0.3 is 34.3 Å². The van der Waals surface area contributed by atoms with Crippen LogP contribution < -0.4 is 15.5 Å². The molecule has 1 aliphatic heterocycles. The molecule has 0 bridgehead atoms. The summed E-state index contributed by atoms with van der Waals surface area (Å²) in [5.41, 5.74) is 3.64. The Hall–Kier alpha value is -5.29. The average molecular weight is 724 g/mol. The maximum atomic E-state index is 13.3. The van der Waals surface area contributed by atoms with E-state index >= 15 is 0 Å². The molecule has 4 aromatic rings. The van der Waals surface area contributed by atoms with Crippen LogP contribution in [0, 0.1) is 0 Å². The zero-order chi connectivity index (χ0) is 37.3. The first-order chi connectivity index (χ1) is 25.9. The van der Waals surface area contributed by atoms with Crippen LogP contribution in [0.4, 0.5) is 16.4 Å². The molecule has 1 saturated heterocycles. The molecule has 5 rings (SSSR count). The standard InChI is InChI=1S/C42H53N5O6/c1-2-46(41-16-11-31-52-41)30-24-40(50)47(32-33-17-19-35(48)20-18-33)26-10-4-9-25-43-39(49)23-29-45-27-21-36(22-28-45)53-42(51)44-38-15-8-7-14-37(38)34-12-5-3-6-13-34/h3,5-8,11-20,31,36,48H,2,4,9-10,21-30,32H2,1H3,(H,43,49)(H,44,51). The Kier molecular flexibility index (Phi) is 15.2. The van der Waals surface area contributed by atoms with Crippen LogP contribution in [-0.4, -0.2) is 84.7 Å². The smallest absolute Gasteiger partial charge is 0.411 e. The van der Waals surface area contributed by atoms with Gasteiger partial charge in [-0.3, -0.25) is 14.9 Å².